The molecule has 0 spiro atoms. The van der Waals surface area contributed by atoms with Gasteiger partial charge in [-0.05, 0) is 36.8 Å². The molecule has 1 aromatic heterocycles. The number of hydrogen-bond acceptors (Lipinski definition) is 6. The van der Waals surface area contributed by atoms with Gasteiger partial charge >= 0.3 is 5.97 Å². The molecule has 0 saturated carbocycles. The molecule has 8 nitrogen and oxygen atoms in total. The largest absolute Gasteiger partial charge is 0.493 e. The summed E-state index contributed by atoms with van der Waals surface area (Å²) in [4.78, 5) is 23.3. The van der Waals surface area contributed by atoms with Gasteiger partial charge in [-0.2, -0.15) is 10.2 Å². The average Bonchev–Trinajstić information content (AvgIpc) is 3.19. The zero-order valence-electron chi connectivity index (χ0n) is 16.2. The third kappa shape index (κ3) is 5.07. The summed E-state index contributed by atoms with van der Waals surface area (Å²) >= 11 is 0. The topological polar surface area (TPSA) is 106 Å². The van der Waals surface area contributed by atoms with Crippen LogP contribution in [0.25, 0.3) is 11.3 Å². The van der Waals surface area contributed by atoms with Crippen LogP contribution in [0.1, 0.15) is 28.5 Å². The van der Waals surface area contributed by atoms with Crippen molar-refractivity contribution in [2.45, 2.75) is 13.8 Å². The van der Waals surface area contributed by atoms with Gasteiger partial charge in [0, 0.05) is 12.5 Å². The predicted octanol–water partition coefficient (Wildman–Crippen LogP) is 3.08. The standard InChI is InChI=1S/C21H20N4O4/c1-13-4-7-16(8-5-13)17-11-18(24-23-17)21(27)25-22-12-15-6-9-19(29-14(2)26)20(10-15)28-3/h4-12H,1-3H3,(H,23,24)(H,25,27)/b22-12-. The maximum atomic E-state index is 12.3. The fourth-order valence-electron chi connectivity index (χ4n) is 2.54. The van der Waals surface area contributed by atoms with Crippen LogP contribution in [-0.2, 0) is 4.79 Å². The minimum atomic E-state index is -0.443. The monoisotopic (exact) mass is 392 g/mol. The lowest BCUT2D eigenvalue weighted by molar-refractivity contribution is -0.132. The van der Waals surface area contributed by atoms with Gasteiger partial charge in [0.1, 0.15) is 5.69 Å². The molecule has 0 atom stereocenters. The number of benzene rings is 2. The van der Waals surface area contributed by atoms with E-state index in [1.807, 2.05) is 31.2 Å². The predicted molar refractivity (Wildman–Crippen MR) is 108 cm³/mol. The number of methoxy groups -OCH3 is 1. The number of H-pyrrole nitrogens is 1. The summed E-state index contributed by atoms with van der Waals surface area (Å²) in [5.74, 6) is -0.175. The van der Waals surface area contributed by atoms with Crippen molar-refractivity contribution in [2.24, 2.45) is 5.10 Å². The number of hydrogen-bond donors (Lipinski definition) is 2. The zero-order chi connectivity index (χ0) is 20.8. The summed E-state index contributed by atoms with van der Waals surface area (Å²) in [5, 5.41) is 10.8. The molecule has 8 heteroatoms. The van der Waals surface area contributed by atoms with Gasteiger partial charge in [0.05, 0.1) is 19.0 Å². The number of carbonyl (C=O) groups is 2. The lowest BCUT2D eigenvalue weighted by Crippen LogP contribution is -2.18. The summed E-state index contributed by atoms with van der Waals surface area (Å²) < 4.78 is 10.2. The van der Waals surface area contributed by atoms with E-state index in [1.165, 1.54) is 20.2 Å². The normalized spacial score (nSPS) is 10.7. The molecule has 3 aromatic rings. The van der Waals surface area contributed by atoms with Crippen LogP contribution in [0.3, 0.4) is 0 Å². The van der Waals surface area contributed by atoms with E-state index in [4.69, 9.17) is 9.47 Å². The Labute approximate surface area is 167 Å². The first kappa shape index (κ1) is 19.8. The second-order valence-electron chi connectivity index (χ2n) is 6.24. The Morgan fingerprint density at radius 1 is 1.10 bits per heavy atom. The smallest absolute Gasteiger partial charge is 0.308 e. The molecule has 0 aliphatic heterocycles. The highest BCUT2D eigenvalue weighted by Gasteiger charge is 2.11. The van der Waals surface area contributed by atoms with E-state index in [2.05, 4.69) is 20.7 Å². The van der Waals surface area contributed by atoms with Crippen LogP contribution < -0.4 is 14.9 Å². The fraction of sp³-hybridized carbons (Fsp3) is 0.143. The highest BCUT2D eigenvalue weighted by Crippen LogP contribution is 2.27. The molecule has 29 heavy (non-hydrogen) atoms. The molecule has 0 radical (unpaired) electrons. The van der Waals surface area contributed by atoms with E-state index in [0.717, 1.165) is 11.1 Å². The molecule has 0 aliphatic rings. The molecule has 148 valence electrons. The Balaban J connectivity index is 1.65. The fourth-order valence-corrected chi connectivity index (χ4v) is 2.54. The summed E-state index contributed by atoms with van der Waals surface area (Å²) in [6.07, 6.45) is 1.45. The van der Waals surface area contributed by atoms with Crippen molar-refractivity contribution in [2.75, 3.05) is 7.11 Å². The van der Waals surface area contributed by atoms with Crippen LogP contribution in [-0.4, -0.2) is 35.4 Å². The molecular formula is C21H20N4O4. The highest BCUT2D eigenvalue weighted by atomic mass is 16.6. The average molecular weight is 392 g/mol. The van der Waals surface area contributed by atoms with E-state index < -0.39 is 11.9 Å². The Bertz CT molecular complexity index is 1050. The summed E-state index contributed by atoms with van der Waals surface area (Å²) in [6.45, 7) is 3.31. The van der Waals surface area contributed by atoms with Crippen LogP contribution in [0.4, 0.5) is 0 Å². The van der Waals surface area contributed by atoms with E-state index in [0.29, 0.717) is 28.5 Å². The quantitative estimate of drug-likeness (QED) is 0.290. The number of amides is 1. The minimum Gasteiger partial charge on any atom is -0.493 e. The van der Waals surface area contributed by atoms with E-state index in [-0.39, 0.29) is 0 Å². The van der Waals surface area contributed by atoms with Crippen molar-refractivity contribution in [1.29, 1.82) is 0 Å². The number of esters is 1. The molecule has 1 amide bonds. The first-order valence-corrected chi connectivity index (χ1v) is 8.78. The summed E-state index contributed by atoms with van der Waals surface area (Å²) in [5.41, 5.74) is 6.12. The molecule has 1 heterocycles. The Hall–Kier alpha value is -3.94. The van der Waals surface area contributed by atoms with Gasteiger partial charge in [-0.15, -0.1) is 0 Å². The Morgan fingerprint density at radius 3 is 2.55 bits per heavy atom. The van der Waals surface area contributed by atoms with Crippen LogP contribution in [0.15, 0.2) is 53.6 Å². The highest BCUT2D eigenvalue weighted by molar-refractivity contribution is 5.94. The second kappa shape index (κ2) is 8.83. The van der Waals surface area contributed by atoms with Gasteiger partial charge in [0.2, 0.25) is 0 Å². The van der Waals surface area contributed by atoms with Gasteiger partial charge in [0.25, 0.3) is 5.91 Å². The number of aryl methyl sites for hydroxylation is 1. The zero-order valence-corrected chi connectivity index (χ0v) is 16.2. The van der Waals surface area contributed by atoms with Gasteiger partial charge in [-0.25, -0.2) is 5.43 Å². The summed E-state index contributed by atoms with van der Waals surface area (Å²) in [6, 6.07) is 14.4. The molecule has 0 aliphatic carbocycles. The van der Waals surface area contributed by atoms with E-state index in [9.17, 15) is 9.59 Å². The number of ether oxygens (including phenoxy) is 2. The number of nitrogens with zero attached hydrogens (tertiary/aromatic N) is 2. The van der Waals surface area contributed by atoms with Crippen LogP contribution in [0.5, 0.6) is 11.5 Å². The third-order valence-corrected chi connectivity index (χ3v) is 3.99. The molecular weight excluding hydrogens is 372 g/mol. The van der Waals surface area contributed by atoms with Gasteiger partial charge < -0.3 is 9.47 Å². The molecule has 0 saturated heterocycles. The van der Waals surface area contributed by atoms with Gasteiger partial charge in [-0.3, -0.25) is 14.7 Å². The molecule has 2 N–H and O–H groups in total. The summed E-state index contributed by atoms with van der Waals surface area (Å²) in [7, 11) is 1.47. The second-order valence-corrected chi connectivity index (χ2v) is 6.24. The number of hydrazone groups is 1. The minimum absolute atomic E-state index is 0.292. The van der Waals surface area contributed by atoms with E-state index >= 15 is 0 Å². The van der Waals surface area contributed by atoms with E-state index in [1.54, 1.807) is 24.3 Å². The lowest BCUT2D eigenvalue weighted by Gasteiger charge is -2.08. The number of rotatable bonds is 6. The van der Waals surface area contributed by atoms with Crippen molar-refractivity contribution in [3.05, 3.63) is 65.4 Å². The number of aromatic nitrogens is 2. The number of nitrogens with one attached hydrogen (secondary N) is 2. The van der Waals surface area contributed by atoms with Crippen LogP contribution in [0, 0.1) is 6.92 Å². The molecule has 3 rings (SSSR count). The van der Waals surface area contributed by atoms with Crippen molar-refractivity contribution in [3.63, 3.8) is 0 Å². The van der Waals surface area contributed by atoms with Crippen LogP contribution in [0.2, 0.25) is 0 Å². The van der Waals surface area contributed by atoms with Crippen LogP contribution >= 0.6 is 0 Å². The van der Waals surface area contributed by atoms with Gasteiger partial charge in [0.15, 0.2) is 11.5 Å². The number of carbonyl (C=O) groups excluding carboxylic acids is 2. The van der Waals surface area contributed by atoms with Crippen molar-refractivity contribution in [3.8, 4) is 22.8 Å². The Morgan fingerprint density at radius 2 is 1.86 bits per heavy atom. The number of aromatic amines is 1. The SMILES string of the molecule is COc1cc(/C=N\NC(=O)c2cc(-c3ccc(C)cc3)n[nH]2)ccc1OC(C)=O. The molecule has 0 fully saturated rings. The van der Waals surface area contributed by atoms with Crippen molar-refractivity contribution >= 4 is 18.1 Å². The maximum Gasteiger partial charge on any atom is 0.308 e. The molecule has 0 unspecified atom stereocenters. The maximum absolute atomic E-state index is 12.3. The van der Waals surface area contributed by atoms with Crippen molar-refractivity contribution in [1.82, 2.24) is 15.6 Å². The first-order chi connectivity index (χ1) is 14.0. The van der Waals surface area contributed by atoms with Gasteiger partial charge in [-0.1, -0.05) is 29.8 Å². The lowest BCUT2D eigenvalue weighted by atomic mass is 10.1. The third-order valence-electron chi connectivity index (χ3n) is 3.99. The first-order valence-electron chi connectivity index (χ1n) is 8.78. The Kier molecular flexibility index (Phi) is 6.03. The molecule has 2 aromatic carbocycles. The molecule has 0 bridgehead atoms. The van der Waals surface area contributed by atoms with Crippen molar-refractivity contribution < 1.29 is 19.1 Å².